The minimum Gasteiger partial charge on any atom is -0.489 e. The highest BCUT2D eigenvalue weighted by atomic mass is 16.5. The summed E-state index contributed by atoms with van der Waals surface area (Å²) in [6, 6.07) is 19.7. The third kappa shape index (κ3) is 4.70. The molecular formula is C30H35N5O. The average Bonchev–Trinajstić information content (AvgIpc) is 3.34. The number of fused-ring (bicyclic) bond motifs is 1. The van der Waals surface area contributed by atoms with Gasteiger partial charge in [0.1, 0.15) is 30.1 Å². The fourth-order valence-electron chi connectivity index (χ4n) is 6.08. The van der Waals surface area contributed by atoms with E-state index in [-0.39, 0.29) is 0 Å². The van der Waals surface area contributed by atoms with E-state index in [1.807, 2.05) is 30.3 Å². The molecule has 2 aliphatic rings. The van der Waals surface area contributed by atoms with Gasteiger partial charge < -0.3 is 19.9 Å². The largest absolute Gasteiger partial charge is 0.489 e. The zero-order valence-corrected chi connectivity index (χ0v) is 20.9. The first-order valence-electron chi connectivity index (χ1n) is 13.4. The number of rotatable bonds is 6. The predicted octanol–water partition coefficient (Wildman–Crippen LogP) is 6.23. The molecule has 2 aromatic heterocycles. The predicted molar refractivity (Wildman–Crippen MR) is 145 cm³/mol. The van der Waals surface area contributed by atoms with Crippen LogP contribution in [0, 0.1) is 0 Å². The molecule has 0 atom stereocenters. The lowest BCUT2D eigenvalue weighted by atomic mass is 9.89. The van der Waals surface area contributed by atoms with Crippen LogP contribution in [0.5, 0.6) is 5.75 Å². The molecule has 4 aromatic rings. The fourth-order valence-corrected chi connectivity index (χ4v) is 6.08. The number of piperidine rings is 1. The molecule has 1 aliphatic heterocycles. The van der Waals surface area contributed by atoms with E-state index in [0.29, 0.717) is 18.5 Å². The van der Waals surface area contributed by atoms with Crippen LogP contribution in [0.3, 0.4) is 0 Å². The van der Waals surface area contributed by atoms with Gasteiger partial charge in [0.05, 0.1) is 5.39 Å². The number of nitrogens with zero attached hydrogens (tertiary/aromatic N) is 4. The van der Waals surface area contributed by atoms with Crippen LogP contribution in [-0.4, -0.2) is 38.6 Å². The van der Waals surface area contributed by atoms with Crippen LogP contribution in [0.1, 0.15) is 56.6 Å². The summed E-state index contributed by atoms with van der Waals surface area (Å²) < 4.78 is 8.48. The van der Waals surface area contributed by atoms with E-state index in [2.05, 4.69) is 44.9 Å². The topological polar surface area (TPSA) is 69.2 Å². The summed E-state index contributed by atoms with van der Waals surface area (Å²) in [6.07, 6.45) is 12.8. The van der Waals surface area contributed by atoms with Crippen molar-refractivity contribution < 1.29 is 4.74 Å². The van der Waals surface area contributed by atoms with E-state index in [1.165, 1.54) is 58.0 Å². The maximum absolute atomic E-state index is 6.43. The molecule has 36 heavy (non-hydrogen) atoms. The first-order chi connectivity index (χ1) is 17.8. The zero-order chi connectivity index (χ0) is 24.3. The van der Waals surface area contributed by atoms with Gasteiger partial charge in [-0.2, -0.15) is 0 Å². The lowest BCUT2D eigenvalue weighted by Gasteiger charge is -2.39. The Labute approximate surface area is 213 Å². The second-order valence-electron chi connectivity index (χ2n) is 10.3. The first-order valence-corrected chi connectivity index (χ1v) is 13.4. The number of nitrogen functional groups attached to an aromatic ring is 1. The summed E-state index contributed by atoms with van der Waals surface area (Å²) >= 11 is 0. The van der Waals surface area contributed by atoms with Crippen molar-refractivity contribution in [3.8, 4) is 16.9 Å². The molecule has 1 aliphatic carbocycles. The van der Waals surface area contributed by atoms with Gasteiger partial charge in [-0.1, -0.05) is 48.9 Å². The molecule has 6 heteroatoms. The van der Waals surface area contributed by atoms with Crippen LogP contribution in [0.25, 0.3) is 22.2 Å². The molecule has 0 radical (unpaired) electrons. The Bertz CT molecular complexity index is 1300. The van der Waals surface area contributed by atoms with Crippen LogP contribution < -0.4 is 10.5 Å². The van der Waals surface area contributed by atoms with Gasteiger partial charge in [-0.25, -0.2) is 9.97 Å². The SMILES string of the molecule is Nc1ncnc2c1c(-c1cccc(OCc3ccccc3)c1)cn2C1CCC(N2CCCCC2)CC1. The Hall–Kier alpha value is -3.38. The highest BCUT2D eigenvalue weighted by molar-refractivity contribution is 6.00. The van der Waals surface area contributed by atoms with E-state index in [1.54, 1.807) is 6.33 Å². The Morgan fingerprint density at radius 3 is 2.44 bits per heavy atom. The molecule has 2 aromatic carbocycles. The molecule has 1 saturated heterocycles. The number of likely N-dealkylation sites (tertiary alicyclic amines) is 1. The van der Waals surface area contributed by atoms with Gasteiger partial charge in [0.2, 0.25) is 0 Å². The van der Waals surface area contributed by atoms with E-state index in [0.717, 1.165) is 39.5 Å². The number of anilines is 1. The quantitative estimate of drug-likeness (QED) is 0.354. The molecule has 6 nitrogen and oxygen atoms in total. The Morgan fingerprint density at radius 1 is 0.861 bits per heavy atom. The molecule has 0 bridgehead atoms. The van der Waals surface area contributed by atoms with Crippen molar-refractivity contribution >= 4 is 16.9 Å². The van der Waals surface area contributed by atoms with Gasteiger partial charge in [-0.15, -0.1) is 0 Å². The Kier molecular flexibility index (Phi) is 6.60. The third-order valence-corrected chi connectivity index (χ3v) is 8.00. The van der Waals surface area contributed by atoms with Crippen molar-refractivity contribution in [2.45, 2.75) is 63.6 Å². The summed E-state index contributed by atoms with van der Waals surface area (Å²) in [4.78, 5) is 11.8. The summed E-state index contributed by atoms with van der Waals surface area (Å²) in [5.41, 5.74) is 10.7. The number of benzene rings is 2. The Morgan fingerprint density at radius 2 is 1.64 bits per heavy atom. The molecule has 6 rings (SSSR count). The molecule has 2 fully saturated rings. The fraction of sp³-hybridized carbons (Fsp3) is 0.400. The van der Waals surface area contributed by atoms with Gasteiger partial charge in [0, 0.05) is 23.8 Å². The van der Waals surface area contributed by atoms with Crippen molar-refractivity contribution in [3.63, 3.8) is 0 Å². The minimum absolute atomic E-state index is 0.439. The monoisotopic (exact) mass is 481 g/mol. The van der Waals surface area contributed by atoms with Crippen molar-refractivity contribution in [1.29, 1.82) is 0 Å². The number of hydrogen-bond acceptors (Lipinski definition) is 5. The van der Waals surface area contributed by atoms with Crippen LogP contribution in [0.2, 0.25) is 0 Å². The van der Waals surface area contributed by atoms with Crippen molar-refractivity contribution in [2.75, 3.05) is 18.8 Å². The highest BCUT2D eigenvalue weighted by Gasteiger charge is 2.29. The third-order valence-electron chi connectivity index (χ3n) is 8.00. The molecular weight excluding hydrogens is 446 g/mol. The lowest BCUT2D eigenvalue weighted by Crippen LogP contribution is -2.41. The average molecular weight is 482 g/mol. The maximum Gasteiger partial charge on any atom is 0.146 e. The second-order valence-corrected chi connectivity index (χ2v) is 10.3. The van der Waals surface area contributed by atoms with E-state index in [4.69, 9.17) is 15.5 Å². The van der Waals surface area contributed by atoms with Gasteiger partial charge in [-0.05, 0) is 74.9 Å². The van der Waals surface area contributed by atoms with Crippen molar-refractivity contribution in [2.24, 2.45) is 0 Å². The molecule has 2 N–H and O–H groups in total. The number of nitrogens with two attached hydrogens (primary N) is 1. The van der Waals surface area contributed by atoms with Gasteiger partial charge in [0.25, 0.3) is 0 Å². The lowest BCUT2D eigenvalue weighted by molar-refractivity contribution is 0.117. The maximum atomic E-state index is 6.43. The Balaban J connectivity index is 1.26. The van der Waals surface area contributed by atoms with Crippen molar-refractivity contribution in [3.05, 3.63) is 72.7 Å². The summed E-state index contributed by atoms with van der Waals surface area (Å²) in [7, 11) is 0. The molecule has 1 saturated carbocycles. The summed E-state index contributed by atoms with van der Waals surface area (Å²) in [6.45, 7) is 3.09. The molecule has 0 spiro atoms. The zero-order valence-electron chi connectivity index (χ0n) is 20.9. The van der Waals surface area contributed by atoms with E-state index < -0.39 is 0 Å². The number of aromatic nitrogens is 3. The normalized spacial score (nSPS) is 21.0. The minimum atomic E-state index is 0.439. The summed E-state index contributed by atoms with van der Waals surface area (Å²) in [5.74, 6) is 1.38. The van der Waals surface area contributed by atoms with Gasteiger partial charge >= 0.3 is 0 Å². The molecule has 0 unspecified atom stereocenters. The molecule has 186 valence electrons. The molecule has 3 heterocycles. The van der Waals surface area contributed by atoms with Gasteiger partial charge in [-0.3, -0.25) is 0 Å². The van der Waals surface area contributed by atoms with Crippen molar-refractivity contribution in [1.82, 2.24) is 19.4 Å². The van der Waals surface area contributed by atoms with Crippen LogP contribution in [0.15, 0.2) is 67.1 Å². The standard InChI is InChI=1S/C30H35N5O/c31-29-28-27(23-10-7-11-26(18-23)36-20-22-8-3-1-4-9-22)19-35(30(28)33-21-32-29)25-14-12-24(13-15-25)34-16-5-2-6-17-34/h1,3-4,7-11,18-19,21,24-25H,2,5-6,12-17,20H2,(H2,31,32,33). The molecule has 0 amide bonds. The first kappa shape index (κ1) is 23.0. The van der Waals surface area contributed by atoms with E-state index >= 15 is 0 Å². The van der Waals surface area contributed by atoms with Crippen LogP contribution in [-0.2, 0) is 6.61 Å². The van der Waals surface area contributed by atoms with Crippen LogP contribution in [0.4, 0.5) is 5.82 Å². The number of ether oxygens (including phenoxy) is 1. The van der Waals surface area contributed by atoms with Gasteiger partial charge in [0.15, 0.2) is 0 Å². The summed E-state index contributed by atoms with van der Waals surface area (Å²) in [5, 5.41) is 0.941. The number of hydrogen-bond donors (Lipinski definition) is 1. The smallest absolute Gasteiger partial charge is 0.146 e. The van der Waals surface area contributed by atoms with Crippen LogP contribution >= 0.6 is 0 Å². The highest BCUT2D eigenvalue weighted by Crippen LogP contribution is 2.39. The van der Waals surface area contributed by atoms with E-state index in [9.17, 15) is 0 Å². The second kappa shape index (κ2) is 10.3.